The molecule has 0 saturated heterocycles. The Balaban J connectivity index is 2.65. The molecule has 0 radical (unpaired) electrons. The molecule has 0 aliphatic rings. The molecule has 1 rings (SSSR count). The molecule has 5 heteroatoms. The highest BCUT2D eigenvalue weighted by atomic mass is 16.4. The normalized spacial score (nSPS) is 13.9. The number of rotatable bonds is 4. The Hall–Kier alpha value is -1.88. The Morgan fingerprint density at radius 2 is 1.81 bits per heavy atom. The first-order valence-corrected chi connectivity index (χ1v) is 4.78. The van der Waals surface area contributed by atoms with Gasteiger partial charge < -0.3 is 15.5 Å². The molecule has 0 fully saturated rings. The molecule has 5 nitrogen and oxygen atoms in total. The van der Waals surface area contributed by atoms with E-state index in [-0.39, 0.29) is 0 Å². The number of carbonyl (C=O) groups excluding carboxylic acids is 1. The Bertz CT molecular complexity index is 377. The second-order valence-electron chi connectivity index (χ2n) is 3.38. The summed E-state index contributed by atoms with van der Waals surface area (Å²) in [5.41, 5.74) is 0.428. The number of benzene rings is 1. The van der Waals surface area contributed by atoms with Gasteiger partial charge in [0.1, 0.15) is 6.04 Å². The number of hydrogen-bond acceptors (Lipinski definition) is 3. The van der Waals surface area contributed by atoms with Crippen LogP contribution in [0.25, 0.3) is 0 Å². The zero-order valence-electron chi connectivity index (χ0n) is 8.75. The van der Waals surface area contributed by atoms with E-state index < -0.39 is 24.0 Å². The lowest BCUT2D eigenvalue weighted by atomic mass is 10.1. The van der Waals surface area contributed by atoms with Gasteiger partial charge in [-0.3, -0.25) is 9.59 Å². The average Bonchev–Trinajstić information content (AvgIpc) is 2.28. The predicted octanol–water partition coefficient (Wildman–Crippen LogP) is 0.309. The van der Waals surface area contributed by atoms with E-state index in [9.17, 15) is 14.7 Å². The fourth-order valence-corrected chi connectivity index (χ4v) is 1.14. The van der Waals surface area contributed by atoms with Crippen LogP contribution in [0.1, 0.15) is 18.6 Å². The van der Waals surface area contributed by atoms with Crippen LogP contribution in [-0.4, -0.2) is 28.1 Å². The van der Waals surface area contributed by atoms with Crippen molar-refractivity contribution in [1.29, 1.82) is 0 Å². The van der Waals surface area contributed by atoms with Crippen LogP contribution < -0.4 is 5.32 Å². The van der Waals surface area contributed by atoms with E-state index in [4.69, 9.17) is 5.11 Å². The number of hydrogen-bond donors (Lipinski definition) is 3. The summed E-state index contributed by atoms with van der Waals surface area (Å²) in [4.78, 5) is 21.9. The van der Waals surface area contributed by atoms with Crippen molar-refractivity contribution in [2.75, 3.05) is 0 Å². The third-order valence-corrected chi connectivity index (χ3v) is 2.09. The van der Waals surface area contributed by atoms with Gasteiger partial charge in [-0.1, -0.05) is 30.3 Å². The number of carboxylic acid groups (broad SMARTS) is 1. The van der Waals surface area contributed by atoms with E-state index in [0.29, 0.717) is 5.56 Å². The molecule has 86 valence electrons. The summed E-state index contributed by atoms with van der Waals surface area (Å²) in [7, 11) is 0. The second kappa shape index (κ2) is 5.27. The summed E-state index contributed by atoms with van der Waals surface area (Å²) in [5.74, 6) is -1.87. The molecule has 1 unspecified atom stereocenters. The molecule has 3 N–H and O–H groups in total. The number of nitrogens with one attached hydrogen (secondary N) is 1. The smallest absolute Gasteiger partial charge is 0.325 e. The molecule has 0 bridgehead atoms. The van der Waals surface area contributed by atoms with Gasteiger partial charge >= 0.3 is 5.97 Å². The topological polar surface area (TPSA) is 86.6 Å². The lowest BCUT2D eigenvalue weighted by molar-refractivity contribution is -0.142. The van der Waals surface area contributed by atoms with Gasteiger partial charge in [0.25, 0.3) is 5.91 Å². The summed E-state index contributed by atoms with van der Waals surface area (Å²) >= 11 is 0. The van der Waals surface area contributed by atoms with Crippen molar-refractivity contribution < 1.29 is 19.8 Å². The number of aliphatic hydroxyl groups excluding tert-OH is 1. The van der Waals surface area contributed by atoms with E-state index in [1.807, 2.05) is 0 Å². The molecule has 0 saturated carbocycles. The van der Waals surface area contributed by atoms with Crippen LogP contribution in [0.3, 0.4) is 0 Å². The Morgan fingerprint density at radius 3 is 2.31 bits per heavy atom. The van der Waals surface area contributed by atoms with E-state index >= 15 is 0 Å². The fraction of sp³-hybridized carbons (Fsp3) is 0.273. The minimum absolute atomic E-state index is 0.428. The fourth-order valence-electron chi connectivity index (χ4n) is 1.14. The summed E-state index contributed by atoms with van der Waals surface area (Å²) in [6, 6.07) is 7.30. The lowest BCUT2D eigenvalue weighted by Gasteiger charge is -2.13. The van der Waals surface area contributed by atoms with Crippen molar-refractivity contribution in [3.8, 4) is 0 Å². The van der Waals surface area contributed by atoms with Gasteiger partial charge in [-0.15, -0.1) is 0 Å². The molecule has 0 aliphatic carbocycles. The zero-order valence-corrected chi connectivity index (χ0v) is 8.75. The molecule has 0 aliphatic heterocycles. The van der Waals surface area contributed by atoms with Crippen molar-refractivity contribution in [3.63, 3.8) is 0 Å². The first-order valence-electron chi connectivity index (χ1n) is 4.78. The number of aliphatic carboxylic acids is 1. The van der Waals surface area contributed by atoms with Crippen molar-refractivity contribution in [3.05, 3.63) is 35.9 Å². The van der Waals surface area contributed by atoms with E-state index in [2.05, 4.69) is 5.32 Å². The monoisotopic (exact) mass is 223 g/mol. The van der Waals surface area contributed by atoms with Crippen LogP contribution in [0.2, 0.25) is 0 Å². The van der Waals surface area contributed by atoms with Gasteiger partial charge in [0.15, 0.2) is 6.10 Å². The summed E-state index contributed by atoms with van der Waals surface area (Å²) < 4.78 is 0. The summed E-state index contributed by atoms with van der Waals surface area (Å²) in [6.45, 7) is 1.33. The maximum atomic E-state index is 11.4. The molecule has 0 aromatic heterocycles. The number of carboxylic acids is 1. The molecule has 2 atom stereocenters. The Morgan fingerprint density at radius 1 is 1.25 bits per heavy atom. The van der Waals surface area contributed by atoms with Crippen LogP contribution in [0.5, 0.6) is 0 Å². The summed E-state index contributed by atoms with van der Waals surface area (Å²) in [5, 5.41) is 20.4. The SMILES string of the molecule is CC(NC(=O)[C@H](O)c1ccccc1)C(=O)O. The quantitative estimate of drug-likeness (QED) is 0.685. The maximum absolute atomic E-state index is 11.4. The van der Waals surface area contributed by atoms with Gasteiger partial charge in [-0.05, 0) is 12.5 Å². The molecule has 1 amide bonds. The first-order chi connectivity index (χ1) is 7.52. The third-order valence-electron chi connectivity index (χ3n) is 2.09. The van der Waals surface area contributed by atoms with Crippen LogP contribution in [-0.2, 0) is 9.59 Å². The molecule has 1 aromatic carbocycles. The van der Waals surface area contributed by atoms with Crippen LogP contribution in [0.4, 0.5) is 0 Å². The minimum atomic E-state index is -1.34. The second-order valence-corrected chi connectivity index (χ2v) is 3.38. The van der Waals surface area contributed by atoms with Gasteiger partial charge in [-0.2, -0.15) is 0 Å². The highest BCUT2D eigenvalue weighted by Crippen LogP contribution is 2.11. The molecular formula is C11H13NO4. The van der Waals surface area contributed by atoms with Crippen molar-refractivity contribution in [1.82, 2.24) is 5.32 Å². The minimum Gasteiger partial charge on any atom is -0.480 e. The van der Waals surface area contributed by atoms with Gasteiger partial charge in [0.05, 0.1) is 0 Å². The molecule has 0 spiro atoms. The Kier molecular flexibility index (Phi) is 4.02. The highest BCUT2D eigenvalue weighted by molar-refractivity contribution is 5.86. The van der Waals surface area contributed by atoms with E-state index in [1.54, 1.807) is 30.3 Å². The number of amides is 1. The predicted molar refractivity (Wildman–Crippen MR) is 56.6 cm³/mol. The van der Waals surface area contributed by atoms with Crippen LogP contribution in [0.15, 0.2) is 30.3 Å². The van der Waals surface area contributed by atoms with Gasteiger partial charge in [0, 0.05) is 0 Å². The van der Waals surface area contributed by atoms with Crippen molar-refractivity contribution in [2.45, 2.75) is 19.1 Å². The van der Waals surface area contributed by atoms with Crippen LogP contribution >= 0.6 is 0 Å². The summed E-state index contributed by atoms with van der Waals surface area (Å²) in [6.07, 6.45) is -1.34. The average molecular weight is 223 g/mol. The molecule has 1 aromatic rings. The molecule has 16 heavy (non-hydrogen) atoms. The molecule has 0 heterocycles. The maximum Gasteiger partial charge on any atom is 0.325 e. The largest absolute Gasteiger partial charge is 0.480 e. The third kappa shape index (κ3) is 3.06. The molecular weight excluding hydrogens is 210 g/mol. The van der Waals surface area contributed by atoms with E-state index in [1.165, 1.54) is 6.92 Å². The standard InChI is InChI=1S/C11H13NO4/c1-7(11(15)16)12-10(14)9(13)8-5-3-2-4-6-8/h2-7,9,13H,1H3,(H,12,14)(H,15,16)/t7?,9-/m1/s1. The van der Waals surface area contributed by atoms with Crippen LogP contribution in [0, 0.1) is 0 Å². The van der Waals surface area contributed by atoms with Gasteiger partial charge in [-0.25, -0.2) is 0 Å². The van der Waals surface area contributed by atoms with Crippen molar-refractivity contribution >= 4 is 11.9 Å². The van der Waals surface area contributed by atoms with Gasteiger partial charge in [0.2, 0.25) is 0 Å². The lowest BCUT2D eigenvalue weighted by Crippen LogP contribution is -2.40. The number of carbonyl (C=O) groups is 2. The van der Waals surface area contributed by atoms with Crippen molar-refractivity contribution in [2.24, 2.45) is 0 Å². The number of aliphatic hydroxyl groups is 1. The first kappa shape index (κ1) is 12.2. The zero-order chi connectivity index (χ0) is 12.1. The van der Waals surface area contributed by atoms with E-state index in [0.717, 1.165) is 0 Å². The Labute approximate surface area is 92.7 Å². The highest BCUT2D eigenvalue weighted by Gasteiger charge is 2.21.